The number of hydrogen-bond donors (Lipinski definition) is 0. The van der Waals surface area contributed by atoms with Crippen LogP contribution in [0.15, 0.2) is 12.4 Å². The van der Waals surface area contributed by atoms with Crippen LogP contribution >= 0.6 is 0 Å². The van der Waals surface area contributed by atoms with Crippen molar-refractivity contribution in [3.63, 3.8) is 0 Å². The summed E-state index contributed by atoms with van der Waals surface area (Å²) in [5.41, 5.74) is 1.66. The average molecular weight is 543 g/mol. The number of carbonyl (C=O) groups is 1. The van der Waals surface area contributed by atoms with E-state index < -0.39 is 26.8 Å². The van der Waals surface area contributed by atoms with E-state index in [4.69, 9.17) is 0 Å². The Hall–Kier alpha value is -3.40. The summed E-state index contributed by atoms with van der Waals surface area (Å²) < 4.78 is 39.2. The molecular formula is C25H31FN8O3S. The van der Waals surface area contributed by atoms with Crippen molar-refractivity contribution in [1.82, 2.24) is 25.1 Å². The van der Waals surface area contributed by atoms with Crippen molar-refractivity contribution >= 4 is 33.2 Å². The van der Waals surface area contributed by atoms with E-state index in [9.17, 15) is 18.5 Å². The van der Waals surface area contributed by atoms with Crippen molar-refractivity contribution in [2.45, 2.75) is 70.0 Å². The van der Waals surface area contributed by atoms with Gasteiger partial charge in [0.1, 0.15) is 24.0 Å². The third kappa shape index (κ3) is 3.80. The minimum Gasteiger partial charge on any atom is -0.350 e. The lowest BCUT2D eigenvalue weighted by atomic mass is 9.87. The number of nitrogens with zero attached hydrogens (tertiary/aromatic N) is 8. The molecule has 1 unspecified atom stereocenters. The van der Waals surface area contributed by atoms with Gasteiger partial charge in [0.05, 0.1) is 5.75 Å². The third-order valence-corrected chi connectivity index (χ3v) is 10.0. The molecule has 0 N–H and O–H groups in total. The van der Waals surface area contributed by atoms with Gasteiger partial charge in [0.15, 0.2) is 21.3 Å². The fourth-order valence-corrected chi connectivity index (χ4v) is 6.93. The van der Waals surface area contributed by atoms with Gasteiger partial charge in [-0.3, -0.25) is 4.79 Å². The summed E-state index contributed by atoms with van der Waals surface area (Å²) in [6.07, 6.45) is 1.84. The Balaban J connectivity index is 1.48. The van der Waals surface area contributed by atoms with Crippen molar-refractivity contribution in [3.8, 4) is 6.07 Å². The lowest BCUT2D eigenvalue weighted by molar-refractivity contribution is -0.142. The standard InChI is InChI=1S/C25H31FN8O3S/c1-6-17-9-19(31-30-18(17)10-27)34-13-24(4,5)20-21(28-14-29-22(20)34)32-11-16(3)33(12-15(32)2)23(35)25(26)7-8-38(25,36)37/h9,14-16H,6-8,11-13H2,1-5H3/t15-,16+,25?/m0/s1. The second kappa shape index (κ2) is 8.83. The molecule has 5 rings (SSSR count). The monoisotopic (exact) mass is 542 g/mol. The number of anilines is 3. The molecule has 0 spiro atoms. The second-order valence-corrected chi connectivity index (χ2v) is 13.3. The van der Waals surface area contributed by atoms with E-state index in [1.165, 1.54) is 11.2 Å². The van der Waals surface area contributed by atoms with Crippen LogP contribution in [-0.4, -0.2) is 81.9 Å². The van der Waals surface area contributed by atoms with Crippen LogP contribution in [0.25, 0.3) is 0 Å². The number of aromatic nitrogens is 4. The Morgan fingerprint density at radius 2 is 1.89 bits per heavy atom. The number of sulfone groups is 1. The summed E-state index contributed by atoms with van der Waals surface area (Å²) in [5.74, 6) is 0.749. The molecule has 2 saturated heterocycles. The zero-order chi connectivity index (χ0) is 27.6. The zero-order valence-electron chi connectivity index (χ0n) is 22.1. The van der Waals surface area contributed by atoms with E-state index in [0.717, 1.165) is 16.9 Å². The molecule has 3 aliphatic heterocycles. The van der Waals surface area contributed by atoms with E-state index >= 15 is 4.39 Å². The summed E-state index contributed by atoms with van der Waals surface area (Å²) in [6.45, 7) is 11.0. The highest BCUT2D eigenvalue weighted by Gasteiger charge is 2.61. The van der Waals surface area contributed by atoms with E-state index in [1.807, 2.05) is 24.8 Å². The first kappa shape index (κ1) is 26.2. The van der Waals surface area contributed by atoms with Gasteiger partial charge in [-0.05, 0) is 31.9 Å². The van der Waals surface area contributed by atoms with Gasteiger partial charge in [-0.1, -0.05) is 20.8 Å². The Kier molecular flexibility index (Phi) is 6.09. The van der Waals surface area contributed by atoms with Crippen LogP contribution in [0.1, 0.15) is 57.9 Å². The van der Waals surface area contributed by atoms with E-state index in [1.54, 1.807) is 6.92 Å². The van der Waals surface area contributed by atoms with E-state index in [0.29, 0.717) is 36.8 Å². The molecular weight excluding hydrogens is 511 g/mol. The molecule has 38 heavy (non-hydrogen) atoms. The van der Waals surface area contributed by atoms with Crippen molar-refractivity contribution in [1.29, 1.82) is 5.26 Å². The number of piperazine rings is 1. The molecule has 0 aromatic carbocycles. The van der Waals surface area contributed by atoms with Crippen LogP contribution in [0.3, 0.4) is 0 Å². The first-order valence-electron chi connectivity index (χ1n) is 12.7. The molecule has 11 nitrogen and oxygen atoms in total. The molecule has 2 aromatic rings. The summed E-state index contributed by atoms with van der Waals surface area (Å²) in [5, 5.41) is 14.9. The predicted molar refractivity (Wildman–Crippen MR) is 138 cm³/mol. The summed E-state index contributed by atoms with van der Waals surface area (Å²) in [7, 11) is -4.07. The predicted octanol–water partition coefficient (Wildman–Crippen LogP) is 2.04. The van der Waals surface area contributed by atoms with Gasteiger partial charge in [-0.15, -0.1) is 10.2 Å². The molecule has 2 fully saturated rings. The average Bonchev–Trinajstić information content (AvgIpc) is 3.18. The number of halogens is 1. The molecule has 13 heteroatoms. The molecule has 2 aromatic heterocycles. The van der Waals surface area contributed by atoms with Gasteiger partial charge in [0.25, 0.3) is 10.9 Å². The van der Waals surface area contributed by atoms with Gasteiger partial charge in [-0.25, -0.2) is 22.8 Å². The van der Waals surface area contributed by atoms with Crippen molar-refractivity contribution in [3.05, 3.63) is 29.2 Å². The highest BCUT2D eigenvalue weighted by molar-refractivity contribution is 7.94. The smallest absolute Gasteiger partial charge is 0.288 e. The molecule has 1 amide bonds. The van der Waals surface area contributed by atoms with Crippen LogP contribution in [0.4, 0.5) is 21.8 Å². The molecule has 3 aliphatic rings. The number of amides is 1. The number of nitriles is 1. The minimum absolute atomic E-state index is 0.172. The number of aryl methyl sites for hydroxylation is 1. The van der Waals surface area contributed by atoms with Crippen LogP contribution in [0.5, 0.6) is 0 Å². The highest BCUT2D eigenvalue weighted by atomic mass is 32.2. The quantitative estimate of drug-likeness (QED) is 0.564. The molecule has 0 radical (unpaired) electrons. The normalized spacial score (nSPS) is 27.4. The molecule has 0 bridgehead atoms. The summed E-state index contributed by atoms with van der Waals surface area (Å²) in [6, 6.07) is 3.28. The largest absolute Gasteiger partial charge is 0.350 e. The fourth-order valence-electron chi connectivity index (χ4n) is 5.65. The van der Waals surface area contributed by atoms with Crippen molar-refractivity contribution in [2.24, 2.45) is 0 Å². The SMILES string of the molecule is CCc1cc(N2CC(C)(C)c3c2ncnc3N2C[C@@H](C)N(C(=O)C3(F)CCS3(=O)=O)C[C@@H]2C)nnc1C#N. The van der Waals surface area contributed by atoms with Crippen LogP contribution in [0.2, 0.25) is 0 Å². The number of alkyl halides is 1. The maximum absolute atomic E-state index is 15.1. The Morgan fingerprint density at radius 1 is 1.18 bits per heavy atom. The maximum atomic E-state index is 15.1. The highest BCUT2D eigenvalue weighted by Crippen LogP contribution is 2.47. The molecule has 0 aliphatic carbocycles. The molecule has 3 atom stereocenters. The Morgan fingerprint density at radius 3 is 2.50 bits per heavy atom. The van der Waals surface area contributed by atoms with E-state index in [-0.39, 0.29) is 30.2 Å². The van der Waals surface area contributed by atoms with Gasteiger partial charge < -0.3 is 14.7 Å². The van der Waals surface area contributed by atoms with Crippen LogP contribution < -0.4 is 9.80 Å². The van der Waals surface area contributed by atoms with Crippen molar-refractivity contribution < 1.29 is 17.6 Å². The first-order valence-corrected chi connectivity index (χ1v) is 14.4. The van der Waals surface area contributed by atoms with E-state index in [2.05, 4.69) is 45.0 Å². The second-order valence-electron chi connectivity index (χ2n) is 11.0. The number of rotatable bonds is 4. The summed E-state index contributed by atoms with van der Waals surface area (Å²) >= 11 is 0. The fraction of sp³-hybridized carbons (Fsp3) is 0.600. The zero-order valence-corrected chi connectivity index (χ0v) is 23.0. The Bertz CT molecular complexity index is 1460. The molecule has 202 valence electrons. The topological polar surface area (TPSA) is 136 Å². The Labute approximate surface area is 221 Å². The van der Waals surface area contributed by atoms with Gasteiger partial charge in [0.2, 0.25) is 0 Å². The maximum Gasteiger partial charge on any atom is 0.288 e. The first-order chi connectivity index (χ1) is 17.8. The lowest BCUT2D eigenvalue weighted by Crippen LogP contribution is -2.66. The minimum atomic E-state index is -4.07. The lowest BCUT2D eigenvalue weighted by Gasteiger charge is -2.47. The van der Waals surface area contributed by atoms with Gasteiger partial charge in [0, 0.05) is 49.1 Å². The number of hydrogen-bond acceptors (Lipinski definition) is 10. The third-order valence-electron chi connectivity index (χ3n) is 7.94. The van der Waals surface area contributed by atoms with Gasteiger partial charge in [-0.2, -0.15) is 5.26 Å². The summed E-state index contributed by atoms with van der Waals surface area (Å²) in [4.78, 5) is 27.7. The van der Waals surface area contributed by atoms with Crippen LogP contribution in [0, 0.1) is 11.3 Å². The van der Waals surface area contributed by atoms with Gasteiger partial charge >= 0.3 is 0 Å². The molecule has 0 saturated carbocycles. The molecule has 5 heterocycles. The number of fused-ring (bicyclic) bond motifs is 1. The van der Waals surface area contributed by atoms with Crippen molar-refractivity contribution in [2.75, 3.05) is 35.2 Å². The number of carbonyl (C=O) groups excluding carboxylic acids is 1. The van der Waals surface area contributed by atoms with Crippen LogP contribution in [-0.2, 0) is 26.5 Å².